The Morgan fingerprint density at radius 3 is 2.56 bits per heavy atom. The van der Waals surface area contributed by atoms with Crippen LogP contribution >= 0.6 is 11.6 Å². The molecule has 3 aliphatic heterocycles. The molecule has 5 rings (SSSR count). The molecule has 1 aromatic carbocycles. The molecule has 216 valence electrons. The third-order valence-corrected chi connectivity index (χ3v) is 8.99. The molecule has 2 saturated heterocycles. The predicted molar refractivity (Wildman–Crippen MR) is 136 cm³/mol. The van der Waals surface area contributed by atoms with E-state index in [4.69, 9.17) is 26.2 Å². The lowest BCUT2D eigenvalue weighted by molar-refractivity contribution is -0.181. The second kappa shape index (κ2) is 10.7. The normalized spacial score (nSPS) is 29.4. The molecule has 3 fully saturated rings. The Morgan fingerprint density at radius 2 is 1.97 bits per heavy atom. The van der Waals surface area contributed by atoms with Crippen LogP contribution in [0.4, 0.5) is 13.2 Å². The van der Waals surface area contributed by atoms with Crippen molar-refractivity contribution >= 4 is 23.5 Å². The Bertz CT molecular complexity index is 1110. The number of rotatable bonds is 6. The maximum Gasteiger partial charge on any atom is 0.416 e. The van der Waals surface area contributed by atoms with Crippen LogP contribution in [-0.4, -0.2) is 88.4 Å². The first-order valence-corrected chi connectivity index (χ1v) is 13.9. The third-order valence-electron chi connectivity index (χ3n) is 8.70. The number of fused-ring (bicyclic) bond motifs is 1. The highest BCUT2D eigenvalue weighted by atomic mass is 35.5. The molecule has 0 bridgehead atoms. The molecular formula is C27H35ClF3N3O5. The number of hydrogen-bond acceptors (Lipinski definition) is 6. The molecule has 1 saturated carbocycles. The highest BCUT2D eigenvalue weighted by Crippen LogP contribution is 2.49. The van der Waals surface area contributed by atoms with E-state index in [2.05, 4.69) is 16.7 Å². The lowest BCUT2D eigenvalue weighted by Gasteiger charge is -2.49. The standard InChI is InChI=1S/C27H35ClF3N3O5/c1-16(9-23(35)36)34-8-7-32(12-17(34)2)21-5-6-26(39-14-21,19-3-4-19)25(37)33-13-18-10-20(27(29,30)31)11-22(28)24(18)38-15-33/h10-11,16-17,19,21H,3-9,12-15H2,1-2H3,(H,35,36)/t16-,17?,21?,26-/m0/s1. The number of carbonyl (C=O) groups excluding carboxylic acids is 1. The van der Waals surface area contributed by atoms with E-state index in [0.717, 1.165) is 51.0 Å². The van der Waals surface area contributed by atoms with Gasteiger partial charge in [-0.3, -0.25) is 19.4 Å². The molecule has 1 aromatic rings. The number of nitrogens with zero attached hydrogens (tertiary/aromatic N) is 3. The number of carboxylic acid groups (broad SMARTS) is 1. The maximum atomic E-state index is 13.9. The van der Waals surface area contributed by atoms with E-state index < -0.39 is 23.3 Å². The van der Waals surface area contributed by atoms with Crippen LogP contribution in [0.15, 0.2) is 12.1 Å². The van der Waals surface area contributed by atoms with Crippen LogP contribution in [0.3, 0.4) is 0 Å². The summed E-state index contributed by atoms with van der Waals surface area (Å²) < 4.78 is 52.2. The van der Waals surface area contributed by atoms with Gasteiger partial charge in [0.05, 0.1) is 30.2 Å². The van der Waals surface area contributed by atoms with Gasteiger partial charge in [0.2, 0.25) is 0 Å². The molecule has 2 unspecified atom stereocenters. The summed E-state index contributed by atoms with van der Waals surface area (Å²) in [5, 5.41) is 9.04. The van der Waals surface area contributed by atoms with Gasteiger partial charge in [-0.25, -0.2) is 0 Å². The SMILES string of the molecule is CC1CN(C2CC[C@@](C(=O)N3COc4c(Cl)cc(C(F)(F)F)cc4C3)(C3CC3)OC2)CCN1[C@@H](C)CC(=O)O. The molecule has 1 N–H and O–H groups in total. The Kier molecular flexibility index (Phi) is 7.82. The first-order valence-electron chi connectivity index (χ1n) is 13.6. The molecular weight excluding hydrogens is 539 g/mol. The second-order valence-corrected chi connectivity index (χ2v) is 11.8. The highest BCUT2D eigenvalue weighted by Gasteiger charge is 2.56. The molecule has 1 aliphatic carbocycles. The minimum atomic E-state index is -4.56. The number of halogens is 4. The van der Waals surface area contributed by atoms with Crippen LogP contribution in [0.5, 0.6) is 5.75 Å². The Morgan fingerprint density at radius 1 is 1.23 bits per heavy atom. The molecule has 0 aromatic heterocycles. The number of carboxylic acids is 1. The lowest BCUT2D eigenvalue weighted by atomic mass is 9.85. The van der Waals surface area contributed by atoms with Gasteiger partial charge in [-0.2, -0.15) is 13.2 Å². The summed E-state index contributed by atoms with van der Waals surface area (Å²) in [7, 11) is 0. The molecule has 0 radical (unpaired) electrons. The number of amides is 1. The van der Waals surface area contributed by atoms with Crippen LogP contribution in [0.1, 0.15) is 57.1 Å². The molecule has 3 heterocycles. The zero-order chi connectivity index (χ0) is 28.1. The van der Waals surface area contributed by atoms with E-state index in [0.29, 0.717) is 13.0 Å². The van der Waals surface area contributed by atoms with E-state index in [1.54, 1.807) is 0 Å². The Hall–Kier alpha value is -2.08. The van der Waals surface area contributed by atoms with Crippen molar-refractivity contribution in [2.45, 2.75) is 82.4 Å². The topological polar surface area (TPSA) is 82.6 Å². The zero-order valence-corrected chi connectivity index (χ0v) is 22.9. The summed E-state index contributed by atoms with van der Waals surface area (Å²) in [4.78, 5) is 31.1. The first kappa shape index (κ1) is 28.4. The summed E-state index contributed by atoms with van der Waals surface area (Å²) in [5.74, 6) is -0.761. The van der Waals surface area contributed by atoms with E-state index in [1.807, 2.05) is 6.92 Å². The largest absolute Gasteiger partial charge is 0.481 e. The molecule has 1 amide bonds. The van der Waals surface area contributed by atoms with Crippen molar-refractivity contribution in [2.75, 3.05) is 33.0 Å². The molecule has 39 heavy (non-hydrogen) atoms. The maximum absolute atomic E-state index is 13.9. The Labute approximate surface area is 230 Å². The quantitative estimate of drug-likeness (QED) is 0.545. The van der Waals surface area contributed by atoms with Gasteiger partial charge in [0.15, 0.2) is 6.73 Å². The lowest BCUT2D eigenvalue weighted by Crippen LogP contribution is -2.62. The average molecular weight is 574 g/mol. The van der Waals surface area contributed by atoms with Gasteiger partial charge in [-0.15, -0.1) is 0 Å². The number of alkyl halides is 3. The fourth-order valence-electron chi connectivity index (χ4n) is 6.53. The minimum Gasteiger partial charge on any atom is -0.481 e. The minimum absolute atomic E-state index is 0.0208. The number of piperazine rings is 1. The number of aliphatic carboxylic acids is 1. The zero-order valence-electron chi connectivity index (χ0n) is 22.2. The van der Waals surface area contributed by atoms with Crippen molar-refractivity contribution in [3.05, 3.63) is 28.3 Å². The molecule has 0 spiro atoms. The second-order valence-electron chi connectivity index (χ2n) is 11.4. The van der Waals surface area contributed by atoms with Crippen molar-refractivity contribution in [1.29, 1.82) is 0 Å². The van der Waals surface area contributed by atoms with Gasteiger partial charge in [0, 0.05) is 43.3 Å². The average Bonchev–Trinajstić information content (AvgIpc) is 3.73. The summed E-state index contributed by atoms with van der Waals surface area (Å²) in [6.07, 6.45) is -1.38. The number of carbonyl (C=O) groups is 2. The van der Waals surface area contributed by atoms with Gasteiger partial charge in [0.1, 0.15) is 11.4 Å². The van der Waals surface area contributed by atoms with Crippen LogP contribution in [0.2, 0.25) is 5.02 Å². The van der Waals surface area contributed by atoms with Crippen LogP contribution in [-0.2, 0) is 27.0 Å². The smallest absolute Gasteiger partial charge is 0.416 e. The van der Waals surface area contributed by atoms with Gasteiger partial charge in [-0.1, -0.05) is 11.6 Å². The molecule has 4 atom stereocenters. The number of ether oxygens (including phenoxy) is 2. The number of benzene rings is 1. The highest BCUT2D eigenvalue weighted by molar-refractivity contribution is 6.32. The van der Waals surface area contributed by atoms with E-state index >= 15 is 0 Å². The van der Waals surface area contributed by atoms with Crippen LogP contribution in [0, 0.1) is 5.92 Å². The number of hydrogen-bond donors (Lipinski definition) is 1. The molecule has 8 nitrogen and oxygen atoms in total. The summed E-state index contributed by atoms with van der Waals surface area (Å²) in [5.41, 5.74) is -1.63. The van der Waals surface area contributed by atoms with Crippen molar-refractivity contribution in [3.8, 4) is 5.75 Å². The fourth-order valence-corrected chi connectivity index (χ4v) is 6.82. The molecule has 4 aliphatic rings. The first-order chi connectivity index (χ1) is 18.4. The van der Waals surface area contributed by atoms with E-state index in [9.17, 15) is 22.8 Å². The Balaban J connectivity index is 1.24. The van der Waals surface area contributed by atoms with Gasteiger partial charge in [0.25, 0.3) is 5.91 Å². The van der Waals surface area contributed by atoms with Gasteiger partial charge >= 0.3 is 12.1 Å². The van der Waals surface area contributed by atoms with E-state index in [-0.39, 0.29) is 66.0 Å². The summed E-state index contributed by atoms with van der Waals surface area (Å²) >= 11 is 6.08. The van der Waals surface area contributed by atoms with Crippen LogP contribution < -0.4 is 4.74 Å². The van der Waals surface area contributed by atoms with Crippen molar-refractivity contribution in [3.63, 3.8) is 0 Å². The van der Waals surface area contributed by atoms with Crippen LogP contribution in [0.25, 0.3) is 0 Å². The summed E-state index contributed by atoms with van der Waals surface area (Å²) in [6, 6.07) is 2.16. The summed E-state index contributed by atoms with van der Waals surface area (Å²) in [6.45, 7) is 6.70. The van der Waals surface area contributed by atoms with Crippen molar-refractivity contribution < 1.29 is 37.3 Å². The molecule has 12 heteroatoms. The fraction of sp³-hybridized carbons (Fsp3) is 0.704. The third kappa shape index (κ3) is 5.73. The van der Waals surface area contributed by atoms with Gasteiger partial charge in [-0.05, 0) is 57.6 Å². The van der Waals surface area contributed by atoms with E-state index in [1.165, 1.54) is 4.90 Å². The van der Waals surface area contributed by atoms with Crippen molar-refractivity contribution in [2.24, 2.45) is 5.92 Å². The van der Waals surface area contributed by atoms with Gasteiger partial charge < -0.3 is 19.5 Å². The monoisotopic (exact) mass is 573 g/mol. The van der Waals surface area contributed by atoms with Crippen molar-refractivity contribution in [1.82, 2.24) is 14.7 Å². The predicted octanol–water partition coefficient (Wildman–Crippen LogP) is 4.23.